The van der Waals surface area contributed by atoms with Crippen molar-refractivity contribution < 1.29 is 9.59 Å². The van der Waals surface area contributed by atoms with E-state index in [0.29, 0.717) is 6.54 Å². The Kier molecular flexibility index (Phi) is 4.75. The van der Waals surface area contributed by atoms with Gasteiger partial charge in [0.25, 0.3) is 5.91 Å². The van der Waals surface area contributed by atoms with Crippen molar-refractivity contribution in [1.82, 2.24) is 10.2 Å². The number of hydrogen-bond donors (Lipinski definition) is 1. The third kappa shape index (κ3) is 3.55. The van der Waals surface area contributed by atoms with Crippen LogP contribution in [0.2, 0.25) is 0 Å². The summed E-state index contributed by atoms with van der Waals surface area (Å²) in [6.45, 7) is 3.90. The van der Waals surface area contributed by atoms with E-state index in [0.717, 1.165) is 16.0 Å². The monoisotopic (exact) mass is 356 g/mol. The number of hydrogen-bond acceptors (Lipinski definition) is 3. The maximum atomic E-state index is 12.0. The van der Waals surface area contributed by atoms with E-state index in [1.165, 1.54) is 10.5 Å². The summed E-state index contributed by atoms with van der Waals surface area (Å²) in [5.74, 6) is 1.47. The molecule has 1 N–H and O–H groups in total. The molecular weight excluding hydrogens is 340 g/mol. The molecule has 1 saturated heterocycles. The lowest BCUT2D eigenvalue weighted by Gasteiger charge is -2.15. The standard InChI is InChI=1S/C14H17BrN2O2S/c1-14(2)12(18)17(13(19)16-14)7-8-20-9-10-3-5-11(15)6-4-10/h3-6H,7-9H2,1-2H3,(H,16,19). The largest absolute Gasteiger partial charge is 0.325 e. The van der Waals surface area contributed by atoms with Gasteiger partial charge in [0, 0.05) is 22.5 Å². The number of amides is 3. The lowest BCUT2D eigenvalue weighted by Crippen LogP contribution is -2.40. The molecule has 0 bridgehead atoms. The van der Waals surface area contributed by atoms with E-state index >= 15 is 0 Å². The van der Waals surface area contributed by atoms with Crippen LogP contribution in [0.25, 0.3) is 0 Å². The highest BCUT2D eigenvalue weighted by Gasteiger charge is 2.43. The van der Waals surface area contributed by atoms with Crippen LogP contribution >= 0.6 is 27.7 Å². The van der Waals surface area contributed by atoms with Crippen molar-refractivity contribution in [2.75, 3.05) is 12.3 Å². The fourth-order valence-corrected chi connectivity index (χ4v) is 3.10. The first-order valence-corrected chi connectivity index (χ1v) is 8.31. The molecule has 0 radical (unpaired) electrons. The van der Waals surface area contributed by atoms with Gasteiger partial charge in [0.15, 0.2) is 0 Å². The molecule has 1 heterocycles. The van der Waals surface area contributed by atoms with Gasteiger partial charge in [0.2, 0.25) is 0 Å². The molecule has 0 spiro atoms. The fourth-order valence-electron chi connectivity index (χ4n) is 1.95. The predicted octanol–water partition coefficient (Wildman–Crippen LogP) is 3.01. The minimum Gasteiger partial charge on any atom is -0.324 e. The molecule has 20 heavy (non-hydrogen) atoms. The summed E-state index contributed by atoms with van der Waals surface area (Å²) in [5.41, 5.74) is 0.462. The van der Waals surface area contributed by atoms with E-state index in [4.69, 9.17) is 0 Å². The number of urea groups is 1. The molecule has 0 saturated carbocycles. The van der Waals surface area contributed by atoms with E-state index in [9.17, 15) is 9.59 Å². The highest BCUT2D eigenvalue weighted by Crippen LogP contribution is 2.19. The Labute approximate surface area is 131 Å². The summed E-state index contributed by atoms with van der Waals surface area (Å²) in [5, 5.41) is 2.68. The molecule has 0 aromatic heterocycles. The van der Waals surface area contributed by atoms with Crippen molar-refractivity contribution in [3.63, 3.8) is 0 Å². The molecule has 2 rings (SSSR count). The van der Waals surface area contributed by atoms with Crippen LogP contribution in [0.3, 0.4) is 0 Å². The summed E-state index contributed by atoms with van der Waals surface area (Å²) >= 11 is 5.11. The lowest BCUT2D eigenvalue weighted by molar-refractivity contribution is -0.130. The average molecular weight is 357 g/mol. The van der Waals surface area contributed by atoms with Crippen LogP contribution in [0, 0.1) is 0 Å². The third-order valence-corrected chi connectivity index (χ3v) is 4.62. The first-order valence-electron chi connectivity index (χ1n) is 6.36. The zero-order valence-corrected chi connectivity index (χ0v) is 13.9. The summed E-state index contributed by atoms with van der Waals surface area (Å²) in [7, 11) is 0. The Morgan fingerprint density at radius 1 is 1.25 bits per heavy atom. The second kappa shape index (κ2) is 6.18. The molecule has 0 atom stereocenters. The number of nitrogens with zero attached hydrogens (tertiary/aromatic N) is 1. The van der Waals surface area contributed by atoms with Crippen LogP contribution in [-0.4, -0.2) is 34.7 Å². The van der Waals surface area contributed by atoms with E-state index in [2.05, 4.69) is 33.4 Å². The Hall–Kier alpha value is -1.01. The highest BCUT2D eigenvalue weighted by atomic mass is 79.9. The molecule has 1 aliphatic heterocycles. The summed E-state index contributed by atoms with van der Waals surface area (Å²) < 4.78 is 1.06. The Bertz CT molecular complexity index is 516. The van der Waals surface area contributed by atoms with E-state index in [1.54, 1.807) is 25.6 Å². The normalized spacial score (nSPS) is 17.4. The number of rotatable bonds is 5. The maximum absolute atomic E-state index is 12.0. The topological polar surface area (TPSA) is 49.4 Å². The SMILES string of the molecule is CC1(C)NC(=O)N(CCSCc2ccc(Br)cc2)C1=O. The van der Waals surface area contributed by atoms with Crippen molar-refractivity contribution in [2.45, 2.75) is 25.1 Å². The third-order valence-electron chi connectivity index (χ3n) is 3.09. The Balaban J connectivity index is 1.78. The second-order valence-corrected chi connectivity index (χ2v) is 7.21. The number of nitrogens with one attached hydrogen (secondary N) is 1. The number of carbonyl (C=O) groups is 2. The van der Waals surface area contributed by atoms with Gasteiger partial charge in [-0.25, -0.2) is 4.79 Å². The van der Waals surface area contributed by atoms with Crippen molar-refractivity contribution >= 4 is 39.6 Å². The van der Waals surface area contributed by atoms with Gasteiger partial charge in [0.1, 0.15) is 5.54 Å². The van der Waals surface area contributed by atoms with Crippen LogP contribution in [0.1, 0.15) is 19.4 Å². The van der Waals surface area contributed by atoms with Gasteiger partial charge in [0.05, 0.1) is 0 Å². The first-order chi connectivity index (χ1) is 9.40. The Morgan fingerprint density at radius 2 is 1.90 bits per heavy atom. The number of carbonyl (C=O) groups excluding carboxylic acids is 2. The van der Waals surface area contributed by atoms with E-state index in [-0.39, 0.29) is 11.9 Å². The van der Waals surface area contributed by atoms with Gasteiger partial charge in [-0.1, -0.05) is 28.1 Å². The summed E-state index contributed by atoms with van der Waals surface area (Å²) in [4.78, 5) is 24.9. The number of thioether (sulfide) groups is 1. The molecule has 6 heteroatoms. The smallest absolute Gasteiger partial charge is 0.324 e. The molecule has 3 amide bonds. The van der Waals surface area contributed by atoms with Gasteiger partial charge in [-0.05, 0) is 31.5 Å². The van der Waals surface area contributed by atoms with Crippen LogP contribution < -0.4 is 5.32 Å². The predicted molar refractivity (Wildman–Crippen MR) is 84.6 cm³/mol. The van der Waals surface area contributed by atoms with Gasteiger partial charge in [-0.3, -0.25) is 9.69 Å². The van der Waals surface area contributed by atoms with Crippen molar-refractivity contribution in [1.29, 1.82) is 0 Å². The number of benzene rings is 1. The van der Waals surface area contributed by atoms with Crippen molar-refractivity contribution in [3.8, 4) is 0 Å². The molecule has 1 aromatic rings. The van der Waals surface area contributed by atoms with Crippen LogP contribution in [0.5, 0.6) is 0 Å². The maximum Gasteiger partial charge on any atom is 0.325 e. The minimum atomic E-state index is -0.770. The van der Waals surface area contributed by atoms with Gasteiger partial charge < -0.3 is 5.32 Å². The quantitative estimate of drug-likeness (QED) is 0.651. The van der Waals surface area contributed by atoms with Crippen LogP contribution in [0.4, 0.5) is 4.79 Å². The van der Waals surface area contributed by atoms with Gasteiger partial charge in [-0.15, -0.1) is 0 Å². The first kappa shape index (κ1) is 15.4. The molecular formula is C14H17BrN2O2S. The highest BCUT2D eigenvalue weighted by molar-refractivity contribution is 9.10. The lowest BCUT2D eigenvalue weighted by atomic mass is 10.1. The summed E-state index contributed by atoms with van der Waals surface area (Å²) in [6.07, 6.45) is 0. The van der Waals surface area contributed by atoms with Crippen LogP contribution in [0.15, 0.2) is 28.7 Å². The second-order valence-electron chi connectivity index (χ2n) is 5.19. The van der Waals surface area contributed by atoms with Gasteiger partial charge in [-0.2, -0.15) is 11.8 Å². The molecule has 1 aliphatic rings. The van der Waals surface area contributed by atoms with Gasteiger partial charge >= 0.3 is 6.03 Å². The summed E-state index contributed by atoms with van der Waals surface area (Å²) in [6, 6.07) is 7.86. The number of halogens is 1. The van der Waals surface area contributed by atoms with Crippen LogP contribution in [-0.2, 0) is 10.5 Å². The Morgan fingerprint density at radius 3 is 2.45 bits per heavy atom. The van der Waals surface area contributed by atoms with Crippen molar-refractivity contribution in [3.05, 3.63) is 34.3 Å². The molecule has 108 valence electrons. The molecule has 0 aliphatic carbocycles. The minimum absolute atomic E-state index is 0.147. The number of imide groups is 1. The zero-order valence-electron chi connectivity index (χ0n) is 11.5. The molecule has 1 fully saturated rings. The molecule has 0 unspecified atom stereocenters. The molecule has 4 nitrogen and oxygen atoms in total. The molecule has 1 aromatic carbocycles. The average Bonchev–Trinajstić information content (AvgIpc) is 2.58. The van der Waals surface area contributed by atoms with Crippen molar-refractivity contribution in [2.24, 2.45) is 0 Å². The fraction of sp³-hybridized carbons (Fsp3) is 0.429. The van der Waals surface area contributed by atoms with E-state index < -0.39 is 5.54 Å². The van der Waals surface area contributed by atoms with E-state index in [1.807, 2.05) is 12.1 Å². The zero-order chi connectivity index (χ0) is 14.8.